The number of hydrogen-bond acceptors (Lipinski definition) is 5. The molecule has 3 heterocycles. The summed E-state index contributed by atoms with van der Waals surface area (Å²) in [4.78, 5) is 22.6. The molecule has 2 saturated heterocycles. The van der Waals surface area contributed by atoms with Crippen LogP contribution in [0, 0.1) is 0 Å². The Labute approximate surface area is 119 Å². The van der Waals surface area contributed by atoms with Crippen molar-refractivity contribution in [3.8, 4) is 0 Å². The Balaban J connectivity index is 1.59. The average molecular weight is 275 g/mol. The highest BCUT2D eigenvalue weighted by Crippen LogP contribution is 2.20. The van der Waals surface area contributed by atoms with Crippen LogP contribution in [0.1, 0.15) is 6.42 Å². The van der Waals surface area contributed by atoms with Gasteiger partial charge < -0.3 is 15.5 Å². The molecule has 2 aliphatic rings. The molecule has 0 aromatic carbocycles. The van der Waals surface area contributed by atoms with Crippen LogP contribution in [0.3, 0.4) is 0 Å². The zero-order valence-electron chi connectivity index (χ0n) is 11.8. The third-order valence-electron chi connectivity index (χ3n) is 4.29. The molecule has 0 radical (unpaired) electrons. The van der Waals surface area contributed by atoms with Crippen molar-refractivity contribution in [2.24, 2.45) is 0 Å². The van der Waals surface area contributed by atoms with Gasteiger partial charge in [-0.3, -0.25) is 9.69 Å². The smallest absolute Gasteiger partial charge is 0.239 e. The molecule has 2 N–H and O–H groups in total. The van der Waals surface area contributed by atoms with Gasteiger partial charge in [0.05, 0.1) is 17.9 Å². The summed E-state index contributed by atoms with van der Waals surface area (Å²) < 4.78 is 0. The van der Waals surface area contributed by atoms with Crippen LogP contribution in [0.5, 0.6) is 0 Å². The highest BCUT2D eigenvalue weighted by Gasteiger charge is 2.35. The summed E-state index contributed by atoms with van der Waals surface area (Å²) >= 11 is 0. The molecule has 108 valence electrons. The lowest BCUT2D eigenvalue weighted by Crippen LogP contribution is -2.52. The van der Waals surface area contributed by atoms with E-state index in [2.05, 4.69) is 14.8 Å². The number of anilines is 2. The first-order chi connectivity index (χ1) is 9.65. The number of pyridine rings is 1. The fourth-order valence-corrected chi connectivity index (χ4v) is 3.02. The van der Waals surface area contributed by atoms with Crippen LogP contribution in [0.25, 0.3) is 0 Å². The predicted octanol–water partition coefficient (Wildman–Crippen LogP) is 0.0165. The maximum Gasteiger partial charge on any atom is 0.239 e. The molecular formula is C14H21N5O. The first-order valence-electron chi connectivity index (χ1n) is 7.10. The number of rotatable bonds is 2. The molecule has 1 aromatic heterocycles. The SMILES string of the molecule is CN1CCC(N2CCN(c3ccc(N)nc3)CC2)C1=O. The number of hydrogen-bond donors (Lipinski definition) is 1. The maximum atomic E-state index is 12.0. The Hall–Kier alpha value is -1.82. The topological polar surface area (TPSA) is 65.7 Å². The van der Waals surface area contributed by atoms with Crippen molar-refractivity contribution in [2.45, 2.75) is 12.5 Å². The van der Waals surface area contributed by atoms with Gasteiger partial charge in [-0.2, -0.15) is 0 Å². The van der Waals surface area contributed by atoms with Crippen LogP contribution in [-0.4, -0.2) is 66.5 Å². The first kappa shape index (κ1) is 13.2. The second kappa shape index (κ2) is 5.28. The lowest BCUT2D eigenvalue weighted by molar-refractivity contribution is -0.131. The number of nitrogens with zero attached hydrogens (tertiary/aromatic N) is 4. The molecule has 6 heteroatoms. The minimum absolute atomic E-state index is 0.0895. The zero-order valence-corrected chi connectivity index (χ0v) is 11.8. The second-order valence-corrected chi connectivity index (χ2v) is 5.53. The van der Waals surface area contributed by atoms with Crippen molar-refractivity contribution in [1.82, 2.24) is 14.8 Å². The molecule has 1 aromatic rings. The number of nitrogen functional groups attached to an aromatic ring is 1. The van der Waals surface area contributed by atoms with E-state index in [0.717, 1.165) is 44.8 Å². The molecule has 0 saturated carbocycles. The van der Waals surface area contributed by atoms with Crippen LogP contribution in [0.2, 0.25) is 0 Å². The van der Waals surface area contributed by atoms with Crippen LogP contribution in [-0.2, 0) is 4.79 Å². The number of nitrogens with two attached hydrogens (primary N) is 1. The summed E-state index contributed by atoms with van der Waals surface area (Å²) in [6.45, 7) is 4.59. The highest BCUT2D eigenvalue weighted by atomic mass is 16.2. The Kier molecular flexibility index (Phi) is 3.48. The van der Waals surface area contributed by atoms with Gasteiger partial charge >= 0.3 is 0 Å². The van der Waals surface area contributed by atoms with Gasteiger partial charge in [0.2, 0.25) is 5.91 Å². The van der Waals surface area contributed by atoms with Crippen LogP contribution < -0.4 is 10.6 Å². The van der Waals surface area contributed by atoms with Crippen molar-refractivity contribution >= 4 is 17.4 Å². The average Bonchev–Trinajstić information content (AvgIpc) is 2.80. The molecule has 1 unspecified atom stereocenters. The lowest BCUT2D eigenvalue weighted by atomic mass is 10.1. The van der Waals surface area contributed by atoms with E-state index in [0.29, 0.717) is 5.82 Å². The van der Waals surface area contributed by atoms with Gasteiger partial charge in [0.25, 0.3) is 0 Å². The largest absolute Gasteiger partial charge is 0.384 e. The molecule has 6 nitrogen and oxygen atoms in total. The van der Waals surface area contributed by atoms with Crippen LogP contribution in [0.15, 0.2) is 18.3 Å². The molecule has 1 amide bonds. The number of carbonyl (C=O) groups is 1. The fraction of sp³-hybridized carbons (Fsp3) is 0.571. The Morgan fingerprint density at radius 1 is 1.20 bits per heavy atom. The summed E-state index contributed by atoms with van der Waals surface area (Å²) in [6.07, 6.45) is 2.78. The molecule has 2 fully saturated rings. The number of carbonyl (C=O) groups excluding carboxylic acids is 1. The fourth-order valence-electron chi connectivity index (χ4n) is 3.02. The van der Waals surface area contributed by atoms with Crippen molar-refractivity contribution < 1.29 is 4.79 Å². The van der Waals surface area contributed by atoms with Gasteiger partial charge in [0, 0.05) is 39.8 Å². The van der Waals surface area contributed by atoms with E-state index in [4.69, 9.17) is 5.73 Å². The van der Waals surface area contributed by atoms with E-state index >= 15 is 0 Å². The molecule has 0 aliphatic carbocycles. The van der Waals surface area contributed by atoms with E-state index in [-0.39, 0.29) is 11.9 Å². The summed E-state index contributed by atoms with van der Waals surface area (Å²) in [5.41, 5.74) is 6.71. The molecule has 0 spiro atoms. The van der Waals surface area contributed by atoms with Gasteiger partial charge in [-0.05, 0) is 18.6 Å². The Morgan fingerprint density at radius 2 is 1.95 bits per heavy atom. The van der Waals surface area contributed by atoms with Gasteiger partial charge in [-0.25, -0.2) is 4.98 Å². The van der Waals surface area contributed by atoms with Crippen molar-refractivity contribution in [2.75, 3.05) is 50.4 Å². The third kappa shape index (κ3) is 2.43. The highest BCUT2D eigenvalue weighted by molar-refractivity contribution is 5.83. The number of likely N-dealkylation sites (N-methyl/N-ethyl adjacent to an activating group) is 1. The van der Waals surface area contributed by atoms with Gasteiger partial charge in [-0.15, -0.1) is 0 Å². The van der Waals surface area contributed by atoms with E-state index in [1.54, 1.807) is 0 Å². The Bertz CT molecular complexity index is 481. The van der Waals surface area contributed by atoms with Gasteiger partial charge in [-0.1, -0.05) is 0 Å². The summed E-state index contributed by atoms with van der Waals surface area (Å²) in [6, 6.07) is 3.93. The van der Waals surface area contributed by atoms with Gasteiger partial charge in [0.1, 0.15) is 5.82 Å². The molecular weight excluding hydrogens is 254 g/mol. The number of piperazine rings is 1. The maximum absolute atomic E-state index is 12.0. The van der Waals surface area contributed by atoms with Crippen LogP contribution >= 0.6 is 0 Å². The number of amides is 1. The summed E-state index contributed by atoms with van der Waals surface area (Å²) in [5, 5.41) is 0. The minimum atomic E-state index is 0.0895. The predicted molar refractivity (Wildman–Crippen MR) is 78.5 cm³/mol. The Morgan fingerprint density at radius 3 is 2.50 bits per heavy atom. The molecule has 3 rings (SSSR count). The molecule has 2 aliphatic heterocycles. The number of likely N-dealkylation sites (tertiary alicyclic amines) is 1. The summed E-state index contributed by atoms with van der Waals surface area (Å²) in [5.74, 6) is 0.819. The van der Waals surface area contributed by atoms with Crippen molar-refractivity contribution in [1.29, 1.82) is 0 Å². The van der Waals surface area contributed by atoms with E-state index in [1.807, 2.05) is 30.3 Å². The van der Waals surface area contributed by atoms with E-state index in [1.165, 1.54) is 0 Å². The zero-order chi connectivity index (χ0) is 14.1. The van der Waals surface area contributed by atoms with Crippen molar-refractivity contribution in [3.05, 3.63) is 18.3 Å². The molecule has 20 heavy (non-hydrogen) atoms. The van der Waals surface area contributed by atoms with E-state index < -0.39 is 0 Å². The minimum Gasteiger partial charge on any atom is -0.384 e. The normalized spacial score (nSPS) is 24.4. The molecule has 1 atom stereocenters. The van der Waals surface area contributed by atoms with Crippen LogP contribution in [0.4, 0.5) is 11.5 Å². The third-order valence-corrected chi connectivity index (χ3v) is 4.29. The quantitative estimate of drug-likeness (QED) is 0.824. The second-order valence-electron chi connectivity index (χ2n) is 5.53. The van der Waals surface area contributed by atoms with E-state index in [9.17, 15) is 4.79 Å². The first-order valence-corrected chi connectivity index (χ1v) is 7.10. The number of aromatic nitrogens is 1. The lowest BCUT2D eigenvalue weighted by Gasteiger charge is -2.38. The standard InChI is InChI=1S/C14H21N5O/c1-17-5-4-12(14(17)20)19-8-6-18(7-9-19)11-2-3-13(15)16-10-11/h2-3,10,12H,4-9H2,1H3,(H2,15,16). The monoisotopic (exact) mass is 275 g/mol. The van der Waals surface area contributed by atoms with Crippen molar-refractivity contribution in [3.63, 3.8) is 0 Å². The van der Waals surface area contributed by atoms with Gasteiger partial charge in [0.15, 0.2) is 0 Å². The molecule has 0 bridgehead atoms. The summed E-state index contributed by atoms with van der Waals surface area (Å²) in [7, 11) is 1.89.